The van der Waals surface area contributed by atoms with Crippen molar-refractivity contribution in [1.29, 1.82) is 0 Å². The van der Waals surface area contributed by atoms with E-state index in [2.05, 4.69) is 57.0 Å². The molecule has 1 nitrogen and oxygen atoms in total. The minimum absolute atomic E-state index is 0.215. The van der Waals surface area contributed by atoms with Crippen LogP contribution < -0.4 is 4.74 Å². The second-order valence-corrected chi connectivity index (χ2v) is 6.75. The number of thiophene rings is 1. The van der Waals surface area contributed by atoms with Crippen molar-refractivity contribution in [2.24, 2.45) is 0 Å². The summed E-state index contributed by atoms with van der Waals surface area (Å²) in [6.07, 6.45) is 0. The molecule has 1 unspecified atom stereocenters. The summed E-state index contributed by atoms with van der Waals surface area (Å²) in [6, 6.07) is 10.3. The van der Waals surface area contributed by atoms with Crippen LogP contribution in [-0.4, -0.2) is 7.11 Å². The minimum Gasteiger partial charge on any atom is -0.497 e. The van der Waals surface area contributed by atoms with Crippen molar-refractivity contribution < 1.29 is 4.74 Å². The van der Waals surface area contributed by atoms with Crippen molar-refractivity contribution in [3.05, 3.63) is 50.1 Å². The number of benzene rings is 1. The molecule has 0 bridgehead atoms. The molecule has 17 heavy (non-hydrogen) atoms. The zero-order chi connectivity index (χ0) is 12.4. The molecule has 0 saturated heterocycles. The normalized spacial score (nSPS) is 12.5. The fourth-order valence-corrected chi connectivity index (χ4v) is 3.83. The van der Waals surface area contributed by atoms with Crippen LogP contribution in [0.15, 0.2) is 34.8 Å². The minimum atomic E-state index is 0.215. The number of methoxy groups -OCH3 is 1. The van der Waals surface area contributed by atoms with Gasteiger partial charge in [0.2, 0.25) is 0 Å². The Labute approximate surface area is 122 Å². The second kappa shape index (κ2) is 5.55. The Morgan fingerprint density at radius 2 is 2.06 bits per heavy atom. The summed E-state index contributed by atoms with van der Waals surface area (Å²) >= 11 is 9.09. The molecular weight excluding hydrogens is 364 g/mol. The van der Waals surface area contributed by atoms with Crippen molar-refractivity contribution in [3.63, 3.8) is 0 Å². The standard InChI is InChI=1S/C13H12Br2OS/c1-8-11(14)7-12(17-8)13(15)9-4-3-5-10(6-9)16-2/h3-7,13H,1-2H3. The molecule has 1 aromatic carbocycles. The van der Waals surface area contributed by atoms with E-state index in [-0.39, 0.29) is 4.83 Å². The van der Waals surface area contributed by atoms with E-state index in [1.807, 2.05) is 12.1 Å². The van der Waals surface area contributed by atoms with Crippen LogP contribution in [0.2, 0.25) is 0 Å². The summed E-state index contributed by atoms with van der Waals surface area (Å²) in [4.78, 5) is 2.81. The molecule has 1 aromatic heterocycles. The third-order valence-electron chi connectivity index (χ3n) is 2.51. The maximum atomic E-state index is 5.24. The first-order valence-electron chi connectivity index (χ1n) is 5.15. The molecule has 0 aliphatic rings. The third kappa shape index (κ3) is 2.92. The van der Waals surface area contributed by atoms with Gasteiger partial charge >= 0.3 is 0 Å². The van der Waals surface area contributed by atoms with Crippen molar-refractivity contribution >= 4 is 43.2 Å². The highest BCUT2D eigenvalue weighted by Crippen LogP contribution is 2.39. The third-order valence-corrected chi connectivity index (χ3v) is 6.04. The van der Waals surface area contributed by atoms with E-state index in [1.54, 1.807) is 18.4 Å². The number of hydrogen-bond acceptors (Lipinski definition) is 2. The van der Waals surface area contributed by atoms with E-state index in [0.717, 1.165) is 5.75 Å². The Kier molecular flexibility index (Phi) is 4.28. The van der Waals surface area contributed by atoms with Gasteiger partial charge in [-0.2, -0.15) is 0 Å². The lowest BCUT2D eigenvalue weighted by molar-refractivity contribution is 0.414. The first-order valence-corrected chi connectivity index (χ1v) is 7.68. The van der Waals surface area contributed by atoms with E-state index in [0.29, 0.717) is 0 Å². The molecule has 0 amide bonds. The van der Waals surface area contributed by atoms with Crippen molar-refractivity contribution in [1.82, 2.24) is 0 Å². The molecular formula is C13H12Br2OS. The molecule has 0 fully saturated rings. The monoisotopic (exact) mass is 374 g/mol. The van der Waals surface area contributed by atoms with Crippen molar-refractivity contribution in [2.45, 2.75) is 11.8 Å². The van der Waals surface area contributed by atoms with Crippen molar-refractivity contribution in [3.8, 4) is 5.75 Å². The summed E-state index contributed by atoms with van der Waals surface area (Å²) in [5.74, 6) is 0.888. The highest BCUT2D eigenvalue weighted by Gasteiger charge is 2.14. The Hall–Kier alpha value is -0.320. The van der Waals surface area contributed by atoms with Gasteiger partial charge in [-0.15, -0.1) is 11.3 Å². The predicted molar refractivity (Wildman–Crippen MR) is 80.5 cm³/mol. The highest BCUT2D eigenvalue weighted by molar-refractivity contribution is 9.10. The van der Waals surface area contributed by atoms with Crippen LogP contribution in [0.5, 0.6) is 5.75 Å². The van der Waals surface area contributed by atoms with Gasteiger partial charge in [-0.1, -0.05) is 28.1 Å². The maximum Gasteiger partial charge on any atom is 0.119 e. The zero-order valence-electron chi connectivity index (χ0n) is 9.54. The van der Waals surface area contributed by atoms with Gasteiger partial charge in [-0.25, -0.2) is 0 Å². The van der Waals surface area contributed by atoms with E-state index in [9.17, 15) is 0 Å². The van der Waals surface area contributed by atoms with E-state index in [4.69, 9.17) is 4.74 Å². The molecule has 2 rings (SSSR count). The SMILES string of the molecule is COc1cccc(C(Br)c2cc(Br)c(C)s2)c1. The Bertz CT molecular complexity index is 502. The number of rotatable bonds is 3. The number of alkyl halides is 1. The summed E-state index contributed by atoms with van der Waals surface area (Å²) in [5, 5.41) is 0. The van der Waals surface area contributed by atoms with Crippen LogP contribution >= 0.6 is 43.2 Å². The van der Waals surface area contributed by atoms with Gasteiger partial charge in [0.05, 0.1) is 11.9 Å². The molecule has 1 heterocycles. The van der Waals surface area contributed by atoms with E-state index >= 15 is 0 Å². The predicted octanol–water partition coefficient (Wildman–Crippen LogP) is 5.31. The molecule has 0 aliphatic carbocycles. The fraction of sp³-hybridized carbons (Fsp3) is 0.231. The molecule has 2 aromatic rings. The smallest absolute Gasteiger partial charge is 0.119 e. The van der Waals surface area contributed by atoms with Crippen LogP contribution in [0.3, 0.4) is 0 Å². The van der Waals surface area contributed by atoms with Crippen LogP contribution in [0.25, 0.3) is 0 Å². The van der Waals surface area contributed by atoms with Gasteiger partial charge in [0.25, 0.3) is 0 Å². The fourth-order valence-electron chi connectivity index (χ4n) is 1.57. The van der Waals surface area contributed by atoms with E-state index < -0.39 is 0 Å². The Balaban J connectivity index is 2.32. The molecule has 0 radical (unpaired) electrons. The number of halogens is 2. The van der Waals surface area contributed by atoms with Gasteiger partial charge in [0.1, 0.15) is 5.75 Å². The van der Waals surface area contributed by atoms with Crippen LogP contribution in [0, 0.1) is 6.92 Å². The average molecular weight is 376 g/mol. The molecule has 1 atom stereocenters. The van der Waals surface area contributed by atoms with Crippen LogP contribution in [0.1, 0.15) is 20.1 Å². The zero-order valence-corrected chi connectivity index (χ0v) is 13.5. The van der Waals surface area contributed by atoms with Crippen LogP contribution in [0.4, 0.5) is 0 Å². The average Bonchev–Trinajstić information content (AvgIpc) is 2.69. The maximum absolute atomic E-state index is 5.24. The molecule has 0 saturated carbocycles. The number of ether oxygens (including phenoxy) is 1. The van der Waals surface area contributed by atoms with Gasteiger partial charge < -0.3 is 4.74 Å². The number of hydrogen-bond donors (Lipinski definition) is 0. The largest absolute Gasteiger partial charge is 0.497 e. The first kappa shape index (κ1) is 13.1. The summed E-state index contributed by atoms with van der Waals surface area (Å²) in [5.41, 5.74) is 1.21. The molecule has 0 aliphatic heterocycles. The van der Waals surface area contributed by atoms with Crippen LogP contribution in [-0.2, 0) is 0 Å². The topological polar surface area (TPSA) is 9.23 Å². The first-order chi connectivity index (χ1) is 8.11. The summed E-state index contributed by atoms with van der Waals surface area (Å²) in [7, 11) is 1.69. The highest BCUT2D eigenvalue weighted by atomic mass is 79.9. The van der Waals surface area contributed by atoms with Gasteiger partial charge in [0.15, 0.2) is 0 Å². The second-order valence-electron chi connectivity index (χ2n) is 3.69. The van der Waals surface area contributed by atoms with Gasteiger partial charge in [-0.3, -0.25) is 0 Å². The quantitative estimate of drug-likeness (QED) is 0.660. The molecule has 4 heteroatoms. The van der Waals surface area contributed by atoms with E-state index in [1.165, 1.54) is 19.8 Å². The molecule has 0 spiro atoms. The summed E-state index contributed by atoms with van der Waals surface area (Å²) < 4.78 is 6.41. The lowest BCUT2D eigenvalue weighted by atomic mass is 10.1. The van der Waals surface area contributed by atoms with Gasteiger partial charge in [-0.05, 0) is 46.6 Å². The van der Waals surface area contributed by atoms with Gasteiger partial charge in [0, 0.05) is 14.2 Å². The molecule has 0 N–H and O–H groups in total. The lowest BCUT2D eigenvalue weighted by Crippen LogP contribution is -1.91. The Morgan fingerprint density at radius 3 is 2.65 bits per heavy atom. The number of aryl methyl sites for hydroxylation is 1. The van der Waals surface area contributed by atoms with Crippen molar-refractivity contribution in [2.75, 3.05) is 7.11 Å². The molecule has 90 valence electrons. The summed E-state index contributed by atoms with van der Waals surface area (Å²) in [6.45, 7) is 2.11. The Morgan fingerprint density at radius 1 is 1.29 bits per heavy atom. The lowest BCUT2D eigenvalue weighted by Gasteiger charge is -2.09.